The molecule has 7 nitrogen and oxygen atoms in total. The lowest BCUT2D eigenvalue weighted by atomic mass is 9.92. The fourth-order valence-electron chi connectivity index (χ4n) is 4.27. The first kappa shape index (κ1) is 21.3. The van der Waals surface area contributed by atoms with Crippen LogP contribution >= 0.6 is 0 Å². The summed E-state index contributed by atoms with van der Waals surface area (Å²) < 4.78 is 0. The van der Waals surface area contributed by atoms with Gasteiger partial charge in [-0.15, -0.1) is 0 Å². The Bertz CT molecular complexity index is 706. The molecule has 2 unspecified atom stereocenters. The largest absolute Gasteiger partial charge is 0.343 e. The molecule has 2 atom stereocenters. The molecule has 3 rings (SSSR count). The molecule has 2 fully saturated rings. The van der Waals surface area contributed by atoms with Crippen molar-refractivity contribution in [1.82, 2.24) is 20.0 Å². The molecule has 29 heavy (non-hydrogen) atoms. The van der Waals surface area contributed by atoms with Crippen molar-refractivity contribution in [2.75, 3.05) is 52.4 Å². The van der Waals surface area contributed by atoms with Crippen LogP contribution in [0.15, 0.2) is 30.3 Å². The molecule has 1 aromatic carbocycles. The van der Waals surface area contributed by atoms with E-state index in [4.69, 9.17) is 0 Å². The minimum absolute atomic E-state index is 0.00376. The molecular formula is C22H32N4O3. The van der Waals surface area contributed by atoms with Crippen LogP contribution in [0.25, 0.3) is 0 Å². The topological polar surface area (TPSA) is 73.0 Å². The normalized spacial score (nSPS) is 23.0. The Kier molecular flexibility index (Phi) is 7.25. The van der Waals surface area contributed by atoms with Gasteiger partial charge in [-0.25, -0.2) is 0 Å². The van der Waals surface area contributed by atoms with Crippen LogP contribution in [-0.4, -0.2) is 84.8 Å². The third kappa shape index (κ3) is 6.03. The maximum atomic E-state index is 12.6. The van der Waals surface area contributed by atoms with Gasteiger partial charge in [0.25, 0.3) is 5.91 Å². The Morgan fingerprint density at radius 2 is 1.52 bits per heavy atom. The highest BCUT2D eigenvalue weighted by molar-refractivity contribution is 5.96. The van der Waals surface area contributed by atoms with E-state index in [9.17, 15) is 14.4 Å². The molecule has 2 heterocycles. The molecule has 0 radical (unpaired) electrons. The molecule has 1 aromatic rings. The molecule has 3 amide bonds. The minimum Gasteiger partial charge on any atom is -0.343 e. The number of nitrogens with one attached hydrogen (secondary N) is 1. The fraction of sp³-hybridized carbons (Fsp3) is 0.591. The smallest absolute Gasteiger partial charge is 0.251 e. The lowest BCUT2D eigenvalue weighted by Crippen LogP contribution is -2.54. The van der Waals surface area contributed by atoms with Crippen LogP contribution < -0.4 is 5.32 Å². The number of rotatable bonds is 5. The van der Waals surface area contributed by atoms with E-state index in [0.717, 1.165) is 13.1 Å². The summed E-state index contributed by atoms with van der Waals surface area (Å²) in [6, 6.07) is 8.88. The average molecular weight is 401 g/mol. The van der Waals surface area contributed by atoms with Crippen molar-refractivity contribution in [1.29, 1.82) is 0 Å². The van der Waals surface area contributed by atoms with Crippen molar-refractivity contribution >= 4 is 17.7 Å². The van der Waals surface area contributed by atoms with Gasteiger partial charge in [-0.2, -0.15) is 0 Å². The number of carbonyl (C=O) groups is 3. The van der Waals surface area contributed by atoms with Gasteiger partial charge in [0.2, 0.25) is 11.8 Å². The molecule has 158 valence electrons. The summed E-state index contributed by atoms with van der Waals surface area (Å²) in [5.41, 5.74) is 0.546. The maximum Gasteiger partial charge on any atom is 0.251 e. The predicted molar refractivity (Wildman–Crippen MR) is 111 cm³/mol. The number of nitrogens with zero attached hydrogens (tertiary/aromatic N) is 3. The quantitative estimate of drug-likeness (QED) is 0.802. The number of piperidine rings is 1. The summed E-state index contributed by atoms with van der Waals surface area (Å²) in [4.78, 5) is 43.0. The van der Waals surface area contributed by atoms with E-state index in [0.29, 0.717) is 50.1 Å². The Labute approximate surface area is 173 Å². The summed E-state index contributed by atoms with van der Waals surface area (Å²) in [7, 11) is 0. The zero-order chi connectivity index (χ0) is 20.8. The van der Waals surface area contributed by atoms with Gasteiger partial charge in [0.1, 0.15) is 0 Å². The van der Waals surface area contributed by atoms with Crippen molar-refractivity contribution < 1.29 is 14.4 Å². The van der Waals surface area contributed by atoms with E-state index in [1.807, 2.05) is 11.0 Å². The molecule has 2 aliphatic heterocycles. The number of benzene rings is 1. The molecule has 0 saturated carbocycles. The minimum atomic E-state index is -0.242. The first-order valence-corrected chi connectivity index (χ1v) is 10.5. The van der Waals surface area contributed by atoms with Crippen LogP contribution in [0, 0.1) is 11.8 Å². The molecule has 0 aromatic heterocycles. The lowest BCUT2D eigenvalue weighted by molar-refractivity contribution is -0.136. The third-order valence-electron chi connectivity index (χ3n) is 5.74. The van der Waals surface area contributed by atoms with Gasteiger partial charge in [0.15, 0.2) is 0 Å². The van der Waals surface area contributed by atoms with Gasteiger partial charge in [-0.3, -0.25) is 19.3 Å². The Morgan fingerprint density at radius 3 is 2.14 bits per heavy atom. The highest BCUT2D eigenvalue weighted by atomic mass is 16.2. The van der Waals surface area contributed by atoms with Crippen LogP contribution in [0.5, 0.6) is 0 Å². The van der Waals surface area contributed by atoms with Crippen LogP contribution in [0.2, 0.25) is 0 Å². The first-order chi connectivity index (χ1) is 13.9. The monoisotopic (exact) mass is 400 g/mol. The van der Waals surface area contributed by atoms with Crippen molar-refractivity contribution in [2.24, 2.45) is 11.8 Å². The Balaban J connectivity index is 1.39. The molecular weight excluding hydrogens is 368 g/mol. The van der Waals surface area contributed by atoms with Gasteiger partial charge in [-0.1, -0.05) is 32.0 Å². The second-order valence-electron chi connectivity index (χ2n) is 8.45. The lowest BCUT2D eigenvalue weighted by Gasteiger charge is -2.38. The average Bonchev–Trinajstić information content (AvgIpc) is 2.72. The second kappa shape index (κ2) is 9.87. The second-order valence-corrected chi connectivity index (χ2v) is 8.45. The molecule has 2 saturated heterocycles. The Morgan fingerprint density at radius 1 is 0.897 bits per heavy atom. The number of carbonyl (C=O) groups excluding carboxylic acids is 3. The standard InChI is InChI=1S/C22H32N4O3/c1-17-12-18(2)15-26(14-17)21(28)16-24-8-10-25(11-9-24)20(27)13-23-22(29)19-6-4-3-5-7-19/h3-7,17-18H,8-16H2,1-2H3,(H,23,29). The number of hydrogen-bond donors (Lipinski definition) is 1. The predicted octanol–water partition coefficient (Wildman–Crippen LogP) is 1.07. The number of amides is 3. The summed E-state index contributed by atoms with van der Waals surface area (Å²) >= 11 is 0. The SMILES string of the molecule is CC1CC(C)CN(C(=O)CN2CCN(C(=O)CNC(=O)c3ccccc3)CC2)C1. The highest BCUT2D eigenvalue weighted by Crippen LogP contribution is 2.21. The van der Waals surface area contributed by atoms with E-state index in [-0.39, 0.29) is 24.3 Å². The molecule has 0 bridgehead atoms. The molecule has 2 aliphatic rings. The van der Waals surface area contributed by atoms with E-state index in [2.05, 4.69) is 24.1 Å². The molecule has 1 N–H and O–H groups in total. The van der Waals surface area contributed by atoms with Gasteiger partial charge in [0.05, 0.1) is 13.1 Å². The fourth-order valence-corrected chi connectivity index (χ4v) is 4.27. The Hall–Kier alpha value is -2.41. The highest BCUT2D eigenvalue weighted by Gasteiger charge is 2.28. The van der Waals surface area contributed by atoms with E-state index in [1.54, 1.807) is 29.2 Å². The van der Waals surface area contributed by atoms with Gasteiger partial charge < -0.3 is 15.1 Å². The van der Waals surface area contributed by atoms with Crippen LogP contribution in [0.1, 0.15) is 30.6 Å². The van der Waals surface area contributed by atoms with Gasteiger partial charge >= 0.3 is 0 Å². The molecule has 7 heteroatoms. The van der Waals surface area contributed by atoms with Crippen LogP contribution in [0.3, 0.4) is 0 Å². The summed E-state index contributed by atoms with van der Waals surface area (Å²) in [6.07, 6.45) is 1.19. The van der Waals surface area contributed by atoms with Crippen LogP contribution in [0.4, 0.5) is 0 Å². The zero-order valence-electron chi connectivity index (χ0n) is 17.5. The third-order valence-corrected chi connectivity index (χ3v) is 5.74. The number of piperazine rings is 1. The van der Waals surface area contributed by atoms with E-state index >= 15 is 0 Å². The van der Waals surface area contributed by atoms with Crippen molar-refractivity contribution in [3.05, 3.63) is 35.9 Å². The van der Waals surface area contributed by atoms with Crippen LogP contribution in [-0.2, 0) is 9.59 Å². The maximum absolute atomic E-state index is 12.6. The van der Waals surface area contributed by atoms with Gasteiger partial charge in [-0.05, 0) is 30.4 Å². The molecule has 0 spiro atoms. The summed E-state index contributed by atoms with van der Waals surface area (Å²) in [5, 5.41) is 2.69. The van der Waals surface area contributed by atoms with Crippen molar-refractivity contribution in [3.8, 4) is 0 Å². The number of likely N-dealkylation sites (tertiary alicyclic amines) is 1. The van der Waals surface area contributed by atoms with E-state index < -0.39 is 0 Å². The van der Waals surface area contributed by atoms with E-state index in [1.165, 1.54) is 6.42 Å². The van der Waals surface area contributed by atoms with Gasteiger partial charge in [0, 0.05) is 44.8 Å². The van der Waals surface area contributed by atoms with Crippen molar-refractivity contribution in [3.63, 3.8) is 0 Å². The first-order valence-electron chi connectivity index (χ1n) is 10.5. The van der Waals surface area contributed by atoms with Crippen molar-refractivity contribution in [2.45, 2.75) is 20.3 Å². The summed E-state index contributed by atoms with van der Waals surface area (Å²) in [5.74, 6) is 0.983. The summed E-state index contributed by atoms with van der Waals surface area (Å²) in [6.45, 7) is 9.06. The zero-order valence-corrected chi connectivity index (χ0v) is 17.5. The molecule has 0 aliphatic carbocycles. The number of hydrogen-bond acceptors (Lipinski definition) is 4.